The van der Waals surface area contributed by atoms with Crippen LogP contribution in [0.3, 0.4) is 0 Å². The fourth-order valence-electron chi connectivity index (χ4n) is 2.14. The van der Waals surface area contributed by atoms with Gasteiger partial charge in [-0.15, -0.1) is 5.10 Å². The molecule has 0 saturated carbocycles. The topological polar surface area (TPSA) is 77.2 Å². The van der Waals surface area contributed by atoms with Gasteiger partial charge in [-0.25, -0.2) is 4.98 Å². The van der Waals surface area contributed by atoms with Gasteiger partial charge < -0.3 is 15.4 Å². The van der Waals surface area contributed by atoms with Gasteiger partial charge in [-0.05, 0) is 39.7 Å². The molecule has 0 amide bonds. The lowest BCUT2D eigenvalue weighted by Gasteiger charge is -2.31. The molecule has 0 unspecified atom stereocenters. The predicted molar refractivity (Wildman–Crippen MR) is 74.2 cm³/mol. The first-order chi connectivity index (χ1) is 9.20. The zero-order valence-electron chi connectivity index (χ0n) is 11.8. The van der Waals surface area contributed by atoms with E-state index in [4.69, 9.17) is 10.5 Å². The second-order valence-corrected chi connectivity index (χ2v) is 4.98. The minimum absolute atomic E-state index is 0.349. The lowest BCUT2D eigenvalue weighted by molar-refractivity contribution is 0.0364. The van der Waals surface area contributed by atoms with Gasteiger partial charge in [-0.2, -0.15) is 5.10 Å². The summed E-state index contributed by atoms with van der Waals surface area (Å²) < 4.78 is 5.79. The maximum atomic E-state index is 5.79. The molecular formula is C13H23N5O. The fraction of sp³-hybridized carbons (Fsp3) is 0.769. The van der Waals surface area contributed by atoms with E-state index in [9.17, 15) is 0 Å². The first-order valence-electron chi connectivity index (χ1n) is 6.95. The summed E-state index contributed by atoms with van der Waals surface area (Å²) in [6, 6.07) is 0. The van der Waals surface area contributed by atoms with Crippen molar-refractivity contribution in [3.63, 3.8) is 0 Å². The van der Waals surface area contributed by atoms with E-state index in [-0.39, 0.29) is 0 Å². The van der Waals surface area contributed by atoms with E-state index in [1.807, 2.05) is 13.8 Å². The van der Waals surface area contributed by atoms with Crippen LogP contribution in [0.25, 0.3) is 0 Å². The molecule has 0 aromatic carbocycles. The van der Waals surface area contributed by atoms with E-state index in [1.54, 1.807) is 0 Å². The summed E-state index contributed by atoms with van der Waals surface area (Å²) in [5, 5.41) is 8.30. The van der Waals surface area contributed by atoms with Crippen LogP contribution < -0.4 is 10.6 Å². The second-order valence-electron chi connectivity index (χ2n) is 4.98. The molecule has 1 aliphatic heterocycles. The highest BCUT2D eigenvalue weighted by Crippen LogP contribution is 2.18. The van der Waals surface area contributed by atoms with Crippen LogP contribution in [0.1, 0.15) is 30.7 Å². The van der Waals surface area contributed by atoms with Gasteiger partial charge in [0.25, 0.3) is 0 Å². The van der Waals surface area contributed by atoms with Crippen molar-refractivity contribution < 1.29 is 4.74 Å². The van der Waals surface area contributed by atoms with Crippen molar-refractivity contribution in [1.82, 2.24) is 15.2 Å². The van der Waals surface area contributed by atoms with Crippen LogP contribution in [0.4, 0.5) is 5.95 Å². The Kier molecular flexibility index (Phi) is 5.04. The van der Waals surface area contributed by atoms with Gasteiger partial charge >= 0.3 is 0 Å². The molecule has 6 nitrogen and oxygen atoms in total. The van der Waals surface area contributed by atoms with Crippen LogP contribution >= 0.6 is 0 Å². The van der Waals surface area contributed by atoms with Crippen LogP contribution in [0.2, 0.25) is 0 Å². The van der Waals surface area contributed by atoms with E-state index in [0.717, 1.165) is 56.3 Å². The molecule has 1 aromatic rings. The Labute approximate surface area is 114 Å². The minimum atomic E-state index is 0.349. The lowest BCUT2D eigenvalue weighted by Crippen LogP contribution is -2.38. The molecular weight excluding hydrogens is 242 g/mol. The van der Waals surface area contributed by atoms with Crippen LogP contribution in [0.15, 0.2) is 0 Å². The molecule has 1 fully saturated rings. The number of anilines is 1. The molecule has 6 heteroatoms. The van der Waals surface area contributed by atoms with Gasteiger partial charge in [0, 0.05) is 19.7 Å². The largest absolute Gasteiger partial charge is 0.378 e. The minimum Gasteiger partial charge on any atom is -0.378 e. The molecule has 106 valence electrons. The van der Waals surface area contributed by atoms with Gasteiger partial charge in [0.15, 0.2) is 0 Å². The van der Waals surface area contributed by atoms with Crippen LogP contribution in [0, 0.1) is 13.8 Å². The van der Waals surface area contributed by atoms with Crippen molar-refractivity contribution in [3.05, 3.63) is 11.4 Å². The van der Waals surface area contributed by atoms with E-state index in [2.05, 4.69) is 20.1 Å². The molecule has 0 spiro atoms. The monoisotopic (exact) mass is 265 g/mol. The summed E-state index contributed by atoms with van der Waals surface area (Å²) in [4.78, 5) is 6.67. The Balaban J connectivity index is 1.84. The molecule has 1 aromatic heterocycles. The summed E-state index contributed by atoms with van der Waals surface area (Å²) in [6.07, 6.45) is 3.31. The van der Waals surface area contributed by atoms with Gasteiger partial charge in [0.1, 0.15) is 0 Å². The van der Waals surface area contributed by atoms with Gasteiger partial charge in [0.05, 0.1) is 17.5 Å². The van der Waals surface area contributed by atoms with Gasteiger partial charge in [-0.3, -0.25) is 0 Å². The Morgan fingerprint density at radius 2 is 1.95 bits per heavy atom. The smallest absolute Gasteiger partial charge is 0.245 e. The van der Waals surface area contributed by atoms with Crippen molar-refractivity contribution >= 4 is 5.95 Å². The zero-order valence-corrected chi connectivity index (χ0v) is 11.8. The standard InChI is InChI=1S/C13H23N5O/c1-10-11(2)16-17-13(15-10)18-7-4-12(5-8-18)19-9-3-6-14/h12H,3-9,14H2,1-2H3. The quantitative estimate of drug-likeness (QED) is 0.794. The van der Waals surface area contributed by atoms with Crippen LogP contribution in [-0.2, 0) is 4.74 Å². The number of nitrogens with two attached hydrogens (primary N) is 1. The van der Waals surface area contributed by atoms with Gasteiger partial charge in [0.2, 0.25) is 5.95 Å². The van der Waals surface area contributed by atoms with E-state index < -0.39 is 0 Å². The van der Waals surface area contributed by atoms with Crippen LogP contribution in [-0.4, -0.2) is 47.5 Å². The number of aryl methyl sites for hydroxylation is 2. The Bertz CT molecular complexity index is 404. The molecule has 0 aliphatic carbocycles. The highest BCUT2D eigenvalue weighted by atomic mass is 16.5. The average Bonchev–Trinajstić information content (AvgIpc) is 2.43. The van der Waals surface area contributed by atoms with Crippen molar-refractivity contribution in [2.24, 2.45) is 5.73 Å². The lowest BCUT2D eigenvalue weighted by atomic mass is 10.1. The van der Waals surface area contributed by atoms with E-state index in [1.165, 1.54) is 0 Å². The molecule has 0 radical (unpaired) electrons. The van der Waals surface area contributed by atoms with Crippen molar-refractivity contribution in [2.75, 3.05) is 31.1 Å². The summed E-state index contributed by atoms with van der Waals surface area (Å²) in [7, 11) is 0. The third kappa shape index (κ3) is 3.84. The summed E-state index contributed by atoms with van der Waals surface area (Å²) >= 11 is 0. The summed E-state index contributed by atoms with van der Waals surface area (Å²) in [5.74, 6) is 0.739. The molecule has 1 aliphatic rings. The predicted octanol–water partition coefficient (Wildman–Crippen LogP) is 0.823. The maximum Gasteiger partial charge on any atom is 0.245 e. The summed E-state index contributed by atoms with van der Waals surface area (Å²) in [6.45, 7) is 7.21. The third-order valence-corrected chi connectivity index (χ3v) is 3.51. The Hall–Kier alpha value is -1.27. The highest BCUT2D eigenvalue weighted by Gasteiger charge is 2.21. The fourth-order valence-corrected chi connectivity index (χ4v) is 2.14. The molecule has 2 N–H and O–H groups in total. The number of hydrogen-bond acceptors (Lipinski definition) is 6. The number of hydrogen-bond donors (Lipinski definition) is 1. The average molecular weight is 265 g/mol. The van der Waals surface area contributed by atoms with Crippen molar-refractivity contribution in [3.8, 4) is 0 Å². The first kappa shape index (κ1) is 14.1. The van der Waals surface area contributed by atoms with Crippen molar-refractivity contribution in [2.45, 2.75) is 39.2 Å². The zero-order chi connectivity index (χ0) is 13.7. The first-order valence-corrected chi connectivity index (χ1v) is 6.95. The number of nitrogens with zero attached hydrogens (tertiary/aromatic N) is 4. The normalized spacial score (nSPS) is 16.9. The van der Waals surface area contributed by atoms with Crippen LogP contribution in [0.5, 0.6) is 0 Å². The van der Waals surface area contributed by atoms with Crippen molar-refractivity contribution in [1.29, 1.82) is 0 Å². The van der Waals surface area contributed by atoms with E-state index >= 15 is 0 Å². The Morgan fingerprint density at radius 3 is 2.58 bits per heavy atom. The molecule has 2 heterocycles. The number of piperidine rings is 1. The molecule has 19 heavy (non-hydrogen) atoms. The number of aromatic nitrogens is 3. The van der Waals surface area contributed by atoms with Gasteiger partial charge in [-0.1, -0.05) is 0 Å². The molecule has 2 rings (SSSR count). The SMILES string of the molecule is Cc1nnc(N2CCC(OCCCN)CC2)nc1C. The maximum absolute atomic E-state index is 5.79. The second kappa shape index (κ2) is 6.77. The third-order valence-electron chi connectivity index (χ3n) is 3.51. The summed E-state index contributed by atoms with van der Waals surface area (Å²) in [5.41, 5.74) is 7.30. The highest BCUT2D eigenvalue weighted by molar-refractivity contribution is 5.30. The molecule has 0 bridgehead atoms. The molecule has 0 atom stereocenters. The number of ether oxygens (including phenoxy) is 1. The Morgan fingerprint density at radius 1 is 1.21 bits per heavy atom. The number of rotatable bonds is 5. The van der Waals surface area contributed by atoms with E-state index in [0.29, 0.717) is 12.6 Å². The molecule has 1 saturated heterocycles.